The van der Waals surface area contributed by atoms with E-state index in [1.165, 1.54) is 0 Å². The minimum atomic E-state index is -3.84. The van der Waals surface area contributed by atoms with Crippen LogP contribution in [0.15, 0.2) is 0 Å². The van der Waals surface area contributed by atoms with E-state index in [9.17, 15) is 26.4 Å². The van der Waals surface area contributed by atoms with Crippen LogP contribution in [0.5, 0.6) is 0 Å². The number of ether oxygens (including phenoxy) is 2. The van der Waals surface area contributed by atoms with Gasteiger partial charge in [0.2, 0.25) is 20.0 Å². The Hall–Kier alpha value is -1.64. The van der Waals surface area contributed by atoms with Crippen molar-refractivity contribution in [2.75, 3.05) is 11.5 Å². The quantitative estimate of drug-likeness (QED) is 0.316. The van der Waals surface area contributed by atoms with Crippen LogP contribution in [0, 0.1) is 0 Å². The highest BCUT2D eigenvalue weighted by molar-refractivity contribution is 7.89. The lowest BCUT2D eigenvalue weighted by Gasteiger charge is -2.33. The number of hydrogen-bond acceptors (Lipinski definition) is 8. The monoisotopic (exact) mass is 556 g/mol. The summed E-state index contributed by atoms with van der Waals surface area (Å²) in [6, 6.07) is -2.73. The zero-order valence-corrected chi connectivity index (χ0v) is 24.3. The van der Waals surface area contributed by atoms with Crippen molar-refractivity contribution in [3.8, 4) is 0 Å². The van der Waals surface area contributed by atoms with Crippen LogP contribution in [0.2, 0.25) is 0 Å². The second-order valence-corrected chi connectivity index (χ2v) is 15.0. The molecule has 1 aliphatic carbocycles. The number of nitrogens with one attached hydrogen (secondary N) is 4. The molecule has 1 fully saturated rings. The Kier molecular flexibility index (Phi) is 11.5. The molecule has 4 atom stereocenters. The molecule has 1 rings (SSSR count). The van der Waals surface area contributed by atoms with Crippen LogP contribution in [-0.4, -0.2) is 75.9 Å². The van der Waals surface area contributed by atoms with E-state index in [1.807, 2.05) is 0 Å². The fourth-order valence-corrected chi connectivity index (χ4v) is 6.89. The highest BCUT2D eigenvalue weighted by atomic mass is 32.2. The molecular formula is C22H44N4O8S2. The molecule has 1 aliphatic rings. The average Bonchev–Trinajstić information content (AvgIpc) is 2.57. The Bertz CT molecular complexity index is 878. The highest BCUT2D eigenvalue weighted by Gasteiger charge is 2.33. The number of sulfonamides is 2. The maximum atomic E-state index is 12.8. The smallest absolute Gasteiger partial charge is 0.407 e. The first kappa shape index (κ1) is 32.4. The van der Waals surface area contributed by atoms with Gasteiger partial charge < -0.3 is 20.1 Å². The summed E-state index contributed by atoms with van der Waals surface area (Å²) < 4.78 is 66.5. The Morgan fingerprint density at radius 2 is 1.03 bits per heavy atom. The van der Waals surface area contributed by atoms with Gasteiger partial charge in [-0.15, -0.1) is 0 Å². The lowest BCUT2D eigenvalue weighted by Crippen LogP contribution is -2.55. The van der Waals surface area contributed by atoms with Crippen molar-refractivity contribution in [2.45, 2.75) is 116 Å². The third-order valence-electron chi connectivity index (χ3n) is 4.89. The van der Waals surface area contributed by atoms with Crippen LogP contribution < -0.4 is 20.1 Å². The van der Waals surface area contributed by atoms with Gasteiger partial charge in [-0.2, -0.15) is 0 Å². The van der Waals surface area contributed by atoms with E-state index in [0.717, 1.165) is 12.8 Å². The van der Waals surface area contributed by atoms with Crippen molar-refractivity contribution in [2.24, 2.45) is 0 Å². The molecule has 14 heteroatoms. The maximum Gasteiger partial charge on any atom is 0.407 e. The summed E-state index contributed by atoms with van der Waals surface area (Å²) in [7, 11) is -7.69. The van der Waals surface area contributed by atoms with Gasteiger partial charge in [0.25, 0.3) is 0 Å². The normalized spacial score (nSPS) is 21.2. The van der Waals surface area contributed by atoms with E-state index in [-0.39, 0.29) is 11.5 Å². The molecule has 12 nitrogen and oxygen atoms in total. The molecule has 0 bridgehead atoms. The van der Waals surface area contributed by atoms with Crippen molar-refractivity contribution in [3.05, 3.63) is 0 Å². The zero-order valence-electron chi connectivity index (χ0n) is 22.6. The Balaban J connectivity index is 2.72. The van der Waals surface area contributed by atoms with Crippen LogP contribution in [-0.2, 0) is 29.5 Å². The number of hydrogen-bond donors (Lipinski definition) is 4. The van der Waals surface area contributed by atoms with Crippen LogP contribution in [0.4, 0.5) is 9.59 Å². The SMILES string of the molecule is C[C@@H](CS(=O)(=O)N[C@@H]1CCCC[C@H]1NS(=O)(=O)C[C@H](C)NC(=O)OC(C)(C)C)NC(=O)OC(C)(C)C. The molecule has 0 heterocycles. The molecule has 0 spiro atoms. The first-order valence-electron chi connectivity index (χ1n) is 12.2. The molecule has 0 unspecified atom stereocenters. The van der Waals surface area contributed by atoms with E-state index >= 15 is 0 Å². The Morgan fingerprint density at radius 1 is 0.722 bits per heavy atom. The van der Waals surface area contributed by atoms with Gasteiger partial charge in [0.1, 0.15) is 11.2 Å². The maximum absolute atomic E-state index is 12.8. The van der Waals surface area contributed by atoms with E-state index < -0.39 is 67.6 Å². The minimum absolute atomic E-state index is 0.390. The largest absolute Gasteiger partial charge is 0.444 e. The van der Waals surface area contributed by atoms with Crippen molar-refractivity contribution in [1.82, 2.24) is 20.1 Å². The molecule has 4 N–H and O–H groups in total. The zero-order chi connectivity index (χ0) is 27.9. The molecule has 0 aliphatic heterocycles. The minimum Gasteiger partial charge on any atom is -0.444 e. The van der Waals surface area contributed by atoms with E-state index in [0.29, 0.717) is 12.8 Å². The van der Waals surface area contributed by atoms with Gasteiger partial charge in [-0.3, -0.25) is 0 Å². The molecule has 0 saturated heterocycles. The Morgan fingerprint density at radius 3 is 1.31 bits per heavy atom. The first-order valence-corrected chi connectivity index (χ1v) is 15.5. The summed E-state index contributed by atoms with van der Waals surface area (Å²) in [6.07, 6.45) is 0.977. The van der Waals surface area contributed by atoms with Gasteiger partial charge >= 0.3 is 12.2 Å². The standard InChI is InChI=1S/C22H44N4O8S2/c1-15(23-19(27)33-21(3,4)5)13-35(29,30)25-17-11-9-10-12-18(17)26-36(31,32)14-16(2)24-20(28)34-22(6,7)8/h15-18,25-26H,9-14H2,1-8H3,(H,23,27)(H,24,28)/t15-,16-,17+,18+/m0/s1. The predicted octanol–water partition coefficient (Wildman–Crippen LogP) is 1.96. The number of carbonyl (C=O) groups excluding carboxylic acids is 2. The van der Waals surface area contributed by atoms with Crippen molar-refractivity contribution in [1.29, 1.82) is 0 Å². The van der Waals surface area contributed by atoms with Crippen LogP contribution in [0.25, 0.3) is 0 Å². The third kappa shape index (κ3) is 14.2. The fraction of sp³-hybridized carbons (Fsp3) is 0.909. The summed E-state index contributed by atoms with van der Waals surface area (Å²) in [6.45, 7) is 13.3. The topological polar surface area (TPSA) is 169 Å². The molecule has 1 saturated carbocycles. The molecule has 2 amide bonds. The average molecular weight is 557 g/mol. The van der Waals surface area contributed by atoms with Gasteiger partial charge in [0, 0.05) is 24.2 Å². The second kappa shape index (κ2) is 12.7. The lowest BCUT2D eigenvalue weighted by molar-refractivity contribution is 0.0501. The van der Waals surface area contributed by atoms with Gasteiger partial charge in [0.15, 0.2) is 0 Å². The predicted molar refractivity (Wildman–Crippen MR) is 138 cm³/mol. The van der Waals surface area contributed by atoms with Crippen LogP contribution in [0.3, 0.4) is 0 Å². The third-order valence-corrected chi connectivity index (χ3v) is 8.09. The fourth-order valence-electron chi connectivity index (χ4n) is 3.73. The number of alkyl carbamates (subject to hydrolysis) is 2. The van der Waals surface area contributed by atoms with E-state index in [4.69, 9.17) is 9.47 Å². The molecule has 212 valence electrons. The number of carbonyl (C=O) groups is 2. The summed E-state index contributed by atoms with van der Waals surface area (Å²) in [5, 5.41) is 4.99. The first-order chi connectivity index (χ1) is 16.2. The van der Waals surface area contributed by atoms with Crippen molar-refractivity contribution < 1.29 is 35.9 Å². The van der Waals surface area contributed by atoms with E-state index in [2.05, 4.69) is 20.1 Å². The number of rotatable bonds is 10. The van der Waals surface area contributed by atoms with Crippen LogP contribution >= 0.6 is 0 Å². The van der Waals surface area contributed by atoms with Gasteiger partial charge in [-0.1, -0.05) is 12.8 Å². The molecular weight excluding hydrogens is 512 g/mol. The van der Waals surface area contributed by atoms with E-state index in [1.54, 1.807) is 55.4 Å². The summed E-state index contributed by atoms with van der Waals surface area (Å²) in [5.74, 6) is -0.780. The second-order valence-electron chi connectivity index (χ2n) is 11.4. The lowest BCUT2D eigenvalue weighted by atomic mass is 9.92. The van der Waals surface area contributed by atoms with Gasteiger partial charge in [-0.25, -0.2) is 35.9 Å². The summed E-state index contributed by atoms with van der Waals surface area (Å²) in [4.78, 5) is 23.8. The summed E-state index contributed by atoms with van der Waals surface area (Å²) >= 11 is 0. The van der Waals surface area contributed by atoms with Crippen molar-refractivity contribution in [3.63, 3.8) is 0 Å². The van der Waals surface area contributed by atoms with Gasteiger partial charge in [0.05, 0.1) is 11.5 Å². The highest BCUT2D eigenvalue weighted by Crippen LogP contribution is 2.20. The van der Waals surface area contributed by atoms with Gasteiger partial charge in [-0.05, 0) is 68.2 Å². The molecule has 0 aromatic carbocycles. The van der Waals surface area contributed by atoms with Crippen molar-refractivity contribution >= 4 is 32.2 Å². The summed E-state index contributed by atoms with van der Waals surface area (Å²) in [5.41, 5.74) is -1.43. The number of amides is 2. The molecule has 36 heavy (non-hydrogen) atoms. The Labute approximate surface area is 216 Å². The molecule has 0 aromatic heterocycles. The molecule has 0 aromatic rings. The molecule has 0 radical (unpaired) electrons. The van der Waals surface area contributed by atoms with Crippen LogP contribution in [0.1, 0.15) is 81.1 Å².